The summed E-state index contributed by atoms with van der Waals surface area (Å²) in [6.45, 7) is 1.87. The highest BCUT2D eigenvalue weighted by Gasteiger charge is 2.08. The second-order valence-electron chi connectivity index (χ2n) is 3.95. The number of fused-ring (bicyclic) bond motifs is 1. The van der Waals surface area contributed by atoms with Gasteiger partial charge >= 0.3 is 5.97 Å². The van der Waals surface area contributed by atoms with E-state index in [2.05, 4.69) is 4.98 Å². The molecule has 0 bridgehead atoms. The first kappa shape index (κ1) is 11.9. The smallest absolute Gasteiger partial charge is 0.303 e. The molecule has 0 spiro atoms. The lowest BCUT2D eigenvalue weighted by Gasteiger charge is -2.07. The molecule has 0 aliphatic rings. The van der Waals surface area contributed by atoms with Crippen LogP contribution in [0.5, 0.6) is 0 Å². The van der Waals surface area contributed by atoms with E-state index in [0.717, 1.165) is 22.2 Å². The quantitative estimate of drug-likeness (QED) is 0.909. The Hall–Kier alpha value is -1.61. The molecule has 0 saturated heterocycles. The second-order valence-corrected chi connectivity index (χ2v) is 4.36. The zero-order chi connectivity index (χ0) is 12.4. The van der Waals surface area contributed by atoms with Crippen molar-refractivity contribution in [1.82, 2.24) is 4.98 Å². The van der Waals surface area contributed by atoms with Crippen LogP contribution in [0.1, 0.15) is 17.7 Å². The predicted octanol–water partition coefficient (Wildman–Crippen LogP) is 3.21. The molecule has 0 fully saturated rings. The Morgan fingerprint density at radius 2 is 2.24 bits per heavy atom. The summed E-state index contributed by atoms with van der Waals surface area (Å²) < 4.78 is 0. The lowest BCUT2D eigenvalue weighted by Crippen LogP contribution is -1.99. The number of para-hydroxylation sites is 1. The number of aliphatic carboxylic acids is 1. The molecule has 4 heteroatoms. The van der Waals surface area contributed by atoms with E-state index >= 15 is 0 Å². The van der Waals surface area contributed by atoms with Gasteiger partial charge in [-0.3, -0.25) is 9.78 Å². The van der Waals surface area contributed by atoms with Gasteiger partial charge in [0.25, 0.3) is 0 Å². The average Bonchev–Trinajstić information content (AvgIpc) is 2.26. The summed E-state index contributed by atoms with van der Waals surface area (Å²) in [5.41, 5.74) is 2.57. The van der Waals surface area contributed by atoms with Gasteiger partial charge in [0.15, 0.2) is 0 Å². The van der Waals surface area contributed by atoms with Crippen molar-refractivity contribution >= 4 is 28.5 Å². The van der Waals surface area contributed by atoms with Crippen molar-refractivity contribution in [2.75, 3.05) is 0 Å². The zero-order valence-corrected chi connectivity index (χ0v) is 10.2. The van der Waals surface area contributed by atoms with Gasteiger partial charge in [-0.2, -0.15) is 0 Å². The molecule has 0 aliphatic heterocycles. The molecule has 0 aliphatic carbocycles. The summed E-state index contributed by atoms with van der Waals surface area (Å²) in [7, 11) is 0. The van der Waals surface area contributed by atoms with Gasteiger partial charge in [-0.15, -0.1) is 0 Å². The van der Waals surface area contributed by atoms with E-state index in [1.54, 1.807) is 0 Å². The third-order valence-corrected chi connectivity index (χ3v) is 2.92. The number of carbonyl (C=O) groups is 1. The minimum atomic E-state index is -0.805. The van der Waals surface area contributed by atoms with Crippen LogP contribution in [-0.4, -0.2) is 16.1 Å². The molecule has 0 saturated carbocycles. The van der Waals surface area contributed by atoms with Crippen molar-refractivity contribution < 1.29 is 9.90 Å². The fourth-order valence-electron chi connectivity index (χ4n) is 1.83. The largest absolute Gasteiger partial charge is 0.481 e. The average molecular weight is 250 g/mol. The van der Waals surface area contributed by atoms with Crippen LogP contribution in [0.2, 0.25) is 5.02 Å². The highest BCUT2D eigenvalue weighted by Crippen LogP contribution is 2.26. The number of nitrogens with zero attached hydrogens (tertiary/aromatic N) is 1. The number of pyridine rings is 1. The third kappa shape index (κ3) is 2.56. The highest BCUT2D eigenvalue weighted by atomic mass is 35.5. The van der Waals surface area contributed by atoms with Gasteiger partial charge in [0, 0.05) is 17.5 Å². The number of benzene rings is 1. The first-order valence-corrected chi connectivity index (χ1v) is 5.72. The Balaban J connectivity index is 2.52. The lowest BCUT2D eigenvalue weighted by atomic mass is 10.0. The maximum atomic E-state index is 10.6. The maximum Gasteiger partial charge on any atom is 0.303 e. The zero-order valence-electron chi connectivity index (χ0n) is 9.40. The molecule has 0 radical (unpaired) electrons. The van der Waals surface area contributed by atoms with E-state index in [9.17, 15) is 4.79 Å². The number of halogens is 1. The monoisotopic (exact) mass is 249 g/mol. The van der Waals surface area contributed by atoms with Crippen LogP contribution < -0.4 is 0 Å². The number of carboxylic acid groups (broad SMARTS) is 1. The van der Waals surface area contributed by atoms with Gasteiger partial charge in [0.2, 0.25) is 0 Å². The predicted molar refractivity (Wildman–Crippen MR) is 67.4 cm³/mol. The van der Waals surface area contributed by atoms with Gasteiger partial charge in [0.1, 0.15) is 0 Å². The van der Waals surface area contributed by atoms with Gasteiger partial charge < -0.3 is 5.11 Å². The topological polar surface area (TPSA) is 50.2 Å². The van der Waals surface area contributed by atoms with E-state index in [0.29, 0.717) is 11.4 Å². The Bertz CT molecular complexity index is 581. The number of aryl methyl sites for hydroxylation is 2. The molecule has 3 nitrogen and oxygen atoms in total. The van der Waals surface area contributed by atoms with Crippen LogP contribution in [-0.2, 0) is 11.2 Å². The summed E-state index contributed by atoms with van der Waals surface area (Å²) >= 11 is 6.14. The summed E-state index contributed by atoms with van der Waals surface area (Å²) in [6, 6.07) is 7.48. The normalized spacial score (nSPS) is 10.7. The second kappa shape index (κ2) is 4.72. The fourth-order valence-corrected chi connectivity index (χ4v) is 2.14. The summed E-state index contributed by atoms with van der Waals surface area (Å²) in [5.74, 6) is -0.805. The molecule has 88 valence electrons. The fraction of sp³-hybridized carbons (Fsp3) is 0.231. The van der Waals surface area contributed by atoms with Gasteiger partial charge in [0.05, 0.1) is 10.5 Å². The molecule has 2 rings (SSSR count). The first-order valence-electron chi connectivity index (χ1n) is 5.34. The number of rotatable bonds is 3. The van der Waals surface area contributed by atoms with Crippen LogP contribution in [0.4, 0.5) is 0 Å². The molecular formula is C13H12ClNO2. The van der Waals surface area contributed by atoms with Crippen LogP contribution in [0.3, 0.4) is 0 Å². The van der Waals surface area contributed by atoms with Crippen LogP contribution >= 0.6 is 11.6 Å². The molecular weight excluding hydrogens is 238 g/mol. The van der Waals surface area contributed by atoms with Gasteiger partial charge in [-0.1, -0.05) is 29.8 Å². The molecule has 0 atom stereocenters. The number of aromatic nitrogens is 1. The Labute approximate surface area is 104 Å². The molecule has 1 heterocycles. The van der Waals surface area contributed by atoms with Crippen molar-refractivity contribution in [3.63, 3.8) is 0 Å². The van der Waals surface area contributed by atoms with Crippen LogP contribution in [0, 0.1) is 6.92 Å². The van der Waals surface area contributed by atoms with Crippen molar-refractivity contribution in [2.24, 2.45) is 0 Å². The van der Waals surface area contributed by atoms with E-state index < -0.39 is 5.97 Å². The minimum absolute atomic E-state index is 0.104. The molecule has 0 unspecified atom stereocenters. The van der Waals surface area contributed by atoms with Gasteiger partial charge in [-0.25, -0.2) is 0 Å². The van der Waals surface area contributed by atoms with Crippen molar-refractivity contribution in [3.05, 3.63) is 40.5 Å². The Morgan fingerprint density at radius 3 is 2.94 bits per heavy atom. The van der Waals surface area contributed by atoms with E-state index in [-0.39, 0.29) is 6.42 Å². The van der Waals surface area contributed by atoms with Crippen LogP contribution in [0.25, 0.3) is 10.9 Å². The number of hydrogen-bond donors (Lipinski definition) is 1. The summed E-state index contributed by atoms with van der Waals surface area (Å²) in [6.07, 6.45) is 0.575. The standard InChI is InChI=1S/C13H12ClNO2/c1-8-7-11(14)10-4-2-3-9(13(10)15-8)5-6-12(16)17/h2-4,7H,5-6H2,1H3,(H,16,17). The highest BCUT2D eigenvalue weighted by molar-refractivity contribution is 6.35. The number of hydrogen-bond acceptors (Lipinski definition) is 2. The minimum Gasteiger partial charge on any atom is -0.481 e. The molecule has 1 aromatic carbocycles. The molecule has 1 aromatic heterocycles. The Kier molecular flexibility index (Phi) is 3.29. The van der Waals surface area contributed by atoms with Crippen molar-refractivity contribution in [2.45, 2.75) is 19.8 Å². The van der Waals surface area contributed by atoms with E-state index in [1.807, 2.05) is 31.2 Å². The summed E-state index contributed by atoms with van der Waals surface area (Å²) in [5, 5.41) is 10.2. The SMILES string of the molecule is Cc1cc(Cl)c2cccc(CCC(=O)O)c2n1. The van der Waals surface area contributed by atoms with Crippen LogP contribution in [0.15, 0.2) is 24.3 Å². The Morgan fingerprint density at radius 1 is 1.47 bits per heavy atom. The number of carboxylic acids is 1. The molecule has 0 amide bonds. The first-order chi connectivity index (χ1) is 8.08. The summed E-state index contributed by atoms with van der Waals surface area (Å²) in [4.78, 5) is 15.0. The van der Waals surface area contributed by atoms with E-state index in [1.165, 1.54) is 0 Å². The van der Waals surface area contributed by atoms with Crippen molar-refractivity contribution in [1.29, 1.82) is 0 Å². The molecule has 1 N–H and O–H groups in total. The maximum absolute atomic E-state index is 10.6. The van der Waals surface area contributed by atoms with E-state index in [4.69, 9.17) is 16.7 Å². The van der Waals surface area contributed by atoms with Crippen molar-refractivity contribution in [3.8, 4) is 0 Å². The molecule has 2 aromatic rings. The third-order valence-electron chi connectivity index (χ3n) is 2.61. The molecule has 17 heavy (non-hydrogen) atoms. The lowest BCUT2D eigenvalue weighted by molar-refractivity contribution is -0.136. The van der Waals surface area contributed by atoms with Gasteiger partial charge in [-0.05, 0) is 25.0 Å².